The summed E-state index contributed by atoms with van der Waals surface area (Å²) in [5, 5.41) is 3.34. The molecule has 0 radical (unpaired) electrons. The fourth-order valence-corrected chi connectivity index (χ4v) is 1.17. The van der Waals surface area contributed by atoms with Crippen LogP contribution in [0.15, 0.2) is 4.99 Å². The highest BCUT2D eigenvalue weighted by molar-refractivity contribution is 5.63. The van der Waals surface area contributed by atoms with Crippen molar-refractivity contribution in [2.45, 2.75) is 33.9 Å². The van der Waals surface area contributed by atoms with E-state index < -0.39 is 0 Å². The largest absolute Gasteiger partial charge is 0.295 e. The van der Waals surface area contributed by atoms with Gasteiger partial charge in [0.05, 0.1) is 6.17 Å². The van der Waals surface area contributed by atoms with Gasteiger partial charge >= 0.3 is 0 Å². The summed E-state index contributed by atoms with van der Waals surface area (Å²) in [4.78, 5) is 4.34. The molecule has 2 unspecified atom stereocenters. The third kappa shape index (κ3) is 2.29. The summed E-state index contributed by atoms with van der Waals surface area (Å²) in [6.07, 6.45) is 2.41. The second kappa shape index (κ2) is 2.94. The van der Waals surface area contributed by atoms with Crippen molar-refractivity contribution < 1.29 is 0 Å². The van der Waals surface area contributed by atoms with Gasteiger partial charge in [-0.3, -0.25) is 10.3 Å². The average Bonchev–Trinajstić information content (AvgIpc) is 1.86. The molecule has 11 heavy (non-hydrogen) atoms. The van der Waals surface area contributed by atoms with Gasteiger partial charge in [0.2, 0.25) is 0 Å². The second-order valence-corrected chi connectivity index (χ2v) is 4.35. The highest BCUT2D eigenvalue weighted by atomic mass is 15.1. The van der Waals surface area contributed by atoms with Gasteiger partial charge in [0, 0.05) is 18.7 Å². The molecule has 0 aromatic heterocycles. The van der Waals surface area contributed by atoms with Crippen molar-refractivity contribution in [2.24, 2.45) is 16.3 Å². The van der Waals surface area contributed by atoms with Gasteiger partial charge in [-0.05, 0) is 12.3 Å². The van der Waals surface area contributed by atoms with Gasteiger partial charge in [-0.15, -0.1) is 0 Å². The number of rotatable bonds is 0. The van der Waals surface area contributed by atoms with E-state index in [1.165, 1.54) is 0 Å². The van der Waals surface area contributed by atoms with Crippen LogP contribution in [0.3, 0.4) is 0 Å². The van der Waals surface area contributed by atoms with E-state index in [4.69, 9.17) is 0 Å². The molecule has 0 fully saturated rings. The molecule has 0 amide bonds. The summed E-state index contributed by atoms with van der Waals surface area (Å²) >= 11 is 0. The average molecular weight is 154 g/mol. The maximum atomic E-state index is 4.34. The fraction of sp³-hybridized carbons (Fsp3) is 0.889. The lowest BCUT2D eigenvalue weighted by Crippen LogP contribution is -2.40. The predicted octanol–water partition coefficient (Wildman–Crippen LogP) is 1.67. The van der Waals surface area contributed by atoms with Gasteiger partial charge in [0.15, 0.2) is 0 Å². The van der Waals surface area contributed by atoms with Crippen LogP contribution in [-0.4, -0.2) is 18.9 Å². The van der Waals surface area contributed by atoms with E-state index >= 15 is 0 Å². The third-order valence-corrected chi connectivity index (χ3v) is 2.24. The quantitative estimate of drug-likeness (QED) is 0.564. The molecule has 1 N–H and O–H groups in total. The molecule has 0 aromatic rings. The first-order chi connectivity index (χ1) is 5.00. The van der Waals surface area contributed by atoms with Crippen molar-refractivity contribution in [3.05, 3.63) is 0 Å². The molecule has 2 heteroatoms. The van der Waals surface area contributed by atoms with Crippen LogP contribution in [0.1, 0.15) is 27.7 Å². The Hall–Kier alpha value is -0.370. The van der Waals surface area contributed by atoms with E-state index in [9.17, 15) is 0 Å². The van der Waals surface area contributed by atoms with Crippen molar-refractivity contribution >= 4 is 6.21 Å². The van der Waals surface area contributed by atoms with Gasteiger partial charge in [-0.1, -0.05) is 20.8 Å². The SMILES string of the molecule is CC1N=CC(C(C)(C)C)CN1. The Labute approximate surface area is 69.1 Å². The minimum absolute atomic E-state index is 0.314. The Bertz CT molecular complexity index is 155. The maximum absolute atomic E-state index is 4.34. The zero-order valence-electron chi connectivity index (χ0n) is 7.89. The first-order valence-corrected chi connectivity index (χ1v) is 4.27. The van der Waals surface area contributed by atoms with E-state index in [1.54, 1.807) is 0 Å². The van der Waals surface area contributed by atoms with E-state index in [1.807, 2.05) is 0 Å². The molecule has 0 aromatic carbocycles. The zero-order valence-corrected chi connectivity index (χ0v) is 7.89. The molecule has 2 atom stereocenters. The molecule has 0 spiro atoms. The van der Waals surface area contributed by atoms with Crippen LogP contribution in [0, 0.1) is 11.3 Å². The lowest BCUT2D eigenvalue weighted by Gasteiger charge is -2.31. The molecular formula is C9H18N2. The second-order valence-electron chi connectivity index (χ2n) is 4.35. The molecule has 0 saturated carbocycles. The van der Waals surface area contributed by atoms with Gasteiger partial charge in [-0.2, -0.15) is 0 Å². The standard InChI is InChI=1S/C9H18N2/c1-7-10-5-8(6-11-7)9(2,3)4/h5,7-8,11H,6H2,1-4H3. The summed E-state index contributed by atoms with van der Waals surface area (Å²) in [5.74, 6) is 0.582. The van der Waals surface area contributed by atoms with Gasteiger partial charge in [0.1, 0.15) is 0 Å². The minimum atomic E-state index is 0.314. The van der Waals surface area contributed by atoms with Gasteiger partial charge < -0.3 is 0 Å². The Morgan fingerprint density at radius 2 is 2.09 bits per heavy atom. The first-order valence-electron chi connectivity index (χ1n) is 4.27. The Kier molecular flexibility index (Phi) is 2.33. The molecule has 1 aliphatic rings. The molecule has 1 heterocycles. The molecule has 2 nitrogen and oxygen atoms in total. The van der Waals surface area contributed by atoms with Crippen LogP contribution in [-0.2, 0) is 0 Å². The zero-order chi connectivity index (χ0) is 8.48. The van der Waals surface area contributed by atoms with E-state index in [-0.39, 0.29) is 0 Å². The first kappa shape index (κ1) is 8.72. The van der Waals surface area contributed by atoms with E-state index in [0.717, 1.165) is 6.54 Å². The van der Waals surface area contributed by atoms with Crippen LogP contribution >= 0.6 is 0 Å². The summed E-state index contributed by atoms with van der Waals surface area (Å²) < 4.78 is 0. The Morgan fingerprint density at radius 1 is 1.45 bits per heavy atom. The number of nitrogens with one attached hydrogen (secondary N) is 1. The number of hydrogen-bond donors (Lipinski definition) is 1. The number of nitrogens with zero attached hydrogens (tertiary/aromatic N) is 1. The van der Waals surface area contributed by atoms with Crippen molar-refractivity contribution in [2.75, 3.05) is 6.54 Å². The van der Waals surface area contributed by atoms with Gasteiger partial charge in [-0.25, -0.2) is 0 Å². The number of aliphatic imine (C=N–C) groups is 1. The normalized spacial score (nSPS) is 32.4. The van der Waals surface area contributed by atoms with Crippen molar-refractivity contribution in [1.82, 2.24) is 5.32 Å². The minimum Gasteiger partial charge on any atom is -0.295 e. The van der Waals surface area contributed by atoms with Crippen molar-refractivity contribution in [3.63, 3.8) is 0 Å². The third-order valence-electron chi connectivity index (χ3n) is 2.24. The van der Waals surface area contributed by atoms with Crippen molar-refractivity contribution in [1.29, 1.82) is 0 Å². The Morgan fingerprint density at radius 3 is 2.45 bits per heavy atom. The molecule has 1 aliphatic heterocycles. The summed E-state index contributed by atoms with van der Waals surface area (Å²) in [5.41, 5.74) is 0.344. The fourth-order valence-electron chi connectivity index (χ4n) is 1.17. The lowest BCUT2D eigenvalue weighted by atomic mass is 9.81. The lowest BCUT2D eigenvalue weighted by molar-refractivity contribution is 0.288. The summed E-state index contributed by atoms with van der Waals surface area (Å²) in [6.45, 7) is 9.90. The van der Waals surface area contributed by atoms with E-state index in [0.29, 0.717) is 17.5 Å². The monoisotopic (exact) mass is 154 g/mol. The van der Waals surface area contributed by atoms with E-state index in [2.05, 4.69) is 44.2 Å². The highest BCUT2D eigenvalue weighted by Gasteiger charge is 2.25. The smallest absolute Gasteiger partial charge is 0.0962 e. The maximum Gasteiger partial charge on any atom is 0.0962 e. The Balaban J connectivity index is 2.57. The van der Waals surface area contributed by atoms with Crippen LogP contribution in [0.4, 0.5) is 0 Å². The van der Waals surface area contributed by atoms with Crippen LogP contribution in [0.5, 0.6) is 0 Å². The van der Waals surface area contributed by atoms with Crippen LogP contribution < -0.4 is 5.32 Å². The topological polar surface area (TPSA) is 24.4 Å². The van der Waals surface area contributed by atoms with Crippen molar-refractivity contribution in [3.8, 4) is 0 Å². The predicted molar refractivity (Wildman–Crippen MR) is 48.9 cm³/mol. The number of hydrogen-bond acceptors (Lipinski definition) is 2. The molecule has 1 rings (SSSR count). The molecular weight excluding hydrogens is 136 g/mol. The molecule has 0 aliphatic carbocycles. The molecule has 64 valence electrons. The van der Waals surface area contributed by atoms with Crippen LogP contribution in [0.2, 0.25) is 0 Å². The summed E-state index contributed by atoms with van der Waals surface area (Å²) in [6, 6.07) is 0. The molecule has 0 bridgehead atoms. The van der Waals surface area contributed by atoms with Crippen LogP contribution in [0.25, 0.3) is 0 Å². The van der Waals surface area contributed by atoms with Gasteiger partial charge in [0.25, 0.3) is 0 Å². The summed E-state index contributed by atoms with van der Waals surface area (Å²) in [7, 11) is 0. The molecule has 0 saturated heterocycles. The highest BCUT2D eigenvalue weighted by Crippen LogP contribution is 2.25.